The highest BCUT2D eigenvalue weighted by Crippen LogP contribution is 2.44. The van der Waals surface area contributed by atoms with Crippen molar-refractivity contribution in [1.82, 2.24) is 4.57 Å². The molecule has 0 fully saturated rings. The molecule has 63 heavy (non-hydrogen) atoms. The van der Waals surface area contributed by atoms with Crippen LogP contribution in [0.2, 0.25) is 0 Å². The normalized spacial score (nSPS) is 11.5. The monoisotopic (exact) mass is 820 g/mol. The van der Waals surface area contributed by atoms with Crippen LogP contribution in [0.4, 0.5) is 17.1 Å². The third kappa shape index (κ3) is 6.58. The second-order valence-electron chi connectivity index (χ2n) is 16.1. The number of rotatable bonds is 8. The average molecular weight is 821 g/mol. The molecule has 0 N–H and O–H groups in total. The van der Waals surface area contributed by atoms with Crippen LogP contribution in [0.3, 0.4) is 0 Å². The van der Waals surface area contributed by atoms with E-state index >= 15 is 0 Å². The molecule has 0 atom stereocenters. The lowest BCUT2D eigenvalue weighted by Crippen LogP contribution is -2.10. The number of thiophene rings is 1. The maximum Gasteiger partial charge on any atom is 0.0542 e. The number of fused-ring (bicyclic) bond motifs is 6. The summed E-state index contributed by atoms with van der Waals surface area (Å²) in [5.74, 6) is 0. The van der Waals surface area contributed by atoms with Gasteiger partial charge < -0.3 is 9.47 Å². The van der Waals surface area contributed by atoms with Crippen molar-refractivity contribution in [3.05, 3.63) is 243 Å². The SMILES string of the molecule is c1ccc(-c2cc(-c3ccccc3)cc(-c3ccc(N(c4ccc(-c5cccc6c5sc5ccccc56)cc4)c4ccc5c(c4)c4ccccc4n5-c4ccccc4)cc3)c2)cc1. The van der Waals surface area contributed by atoms with E-state index in [2.05, 4.69) is 252 Å². The number of anilines is 3. The molecule has 0 unspecified atom stereocenters. The van der Waals surface area contributed by atoms with E-state index < -0.39 is 0 Å². The van der Waals surface area contributed by atoms with Crippen LogP contribution in [0, 0.1) is 0 Å². The van der Waals surface area contributed by atoms with Crippen molar-refractivity contribution >= 4 is 70.4 Å². The lowest BCUT2D eigenvalue weighted by atomic mass is 9.93. The van der Waals surface area contributed by atoms with Crippen molar-refractivity contribution in [2.45, 2.75) is 0 Å². The van der Waals surface area contributed by atoms with E-state index in [0.29, 0.717) is 0 Å². The summed E-state index contributed by atoms with van der Waals surface area (Å²) in [7, 11) is 0. The molecule has 0 radical (unpaired) electrons. The number of aromatic nitrogens is 1. The van der Waals surface area contributed by atoms with Crippen LogP contribution in [-0.4, -0.2) is 4.57 Å². The van der Waals surface area contributed by atoms with Crippen molar-refractivity contribution in [2.24, 2.45) is 0 Å². The molecule has 0 aliphatic carbocycles. The first-order valence-electron chi connectivity index (χ1n) is 21.5. The fraction of sp³-hybridized carbons (Fsp3) is 0. The maximum atomic E-state index is 2.40. The number of benzene rings is 10. The Hall–Kier alpha value is -7.98. The number of hydrogen-bond donors (Lipinski definition) is 0. The Balaban J connectivity index is 0.997. The molecule has 0 aliphatic rings. The molecule has 10 aromatic carbocycles. The van der Waals surface area contributed by atoms with Gasteiger partial charge in [0.25, 0.3) is 0 Å². The van der Waals surface area contributed by atoms with Crippen molar-refractivity contribution in [3.8, 4) is 50.2 Å². The Bertz CT molecular complexity index is 3530. The van der Waals surface area contributed by atoms with E-state index in [9.17, 15) is 0 Å². The molecule has 0 bridgehead atoms. The molecule has 2 heterocycles. The van der Waals surface area contributed by atoms with Crippen LogP contribution in [0.25, 0.3) is 92.2 Å². The van der Waals surface area contributed by atoms with Gasteiger partial charge in [-0.05, 0) is 129 Å². The molecule has 12 aromatic rings. The second-order valence-corrected chi connectivity index (χ2v) is 17.2. The van der Waals surface area contributed by atoms with Gasteiger partial charge >= 0.3 is 0 Å². The summed E-state index contributed by atoms with van der Waals surface area (Å²) >= 11 is 1.88. The van der Waals surface area contributed by atoms with Crippen LogP contribution >= 0.6 is 11.3 Å². The van der Waals surface area contributed by atoms with Crippen molar-refractivity contribution in [3.63, 3.8) is 0 Å². The molecule has 0 saturated carbocycles. The summed E-state index contributed by atoms with van der Waals surface area (Å²) in [6, 6.07) is 88.3. The van der Waals surface area contributed by atoms with E-state index in [1.165, 1.54) is 86.5 Å². The Morgan fingerprint density at radius 3 is 1.44 bits per heavy atom. The number of para-hydroxylation sites is 2. The molecule has 0 aliphatic heterocycles. The summed E-state index contributed by atoms with van der Waals surface area (Å²) in [4.78, 5) is 2.40. The van der Waals surface area contributed by atoms with Gasteiger partial charge in [0.1, 0.15) is 0 Å². The molecule has 296 valence electrons. The van der Waals surface area contributed by atoms with Crippen LogP contribution < -0.4 is 4.90 Å². The Labute approximate surface area is 370 Å². The first-order valence-corrected chi connectivity index (χ1v) is 22.3. The van der Waals surface area contributed by atoms with Crippen molar-refractivity contribution in [1.29, 1.82) is 0 Å². The van der Waals surface area contributed by atoms with Crippen molar-refractivity contribution in [2.75, 3.05) is 4.90 Å². The smallest absolute Gasteiger partial charge is 0.0542 e. The fourth-order valence-corrected chi connectivity index (χ4v) is 10.6. The van der Waals surface area contributed by atoms with Gasteiger partial charge in [0.2, 0.25) is 0 Å². The molecular formula is C60H40N2S. The molecule has 12 rings (SSSR count). The summed E-state index contributed by atoms with van der Waals surface area (Å²) in [6.45, 7) is 0. The van der Waals surface area contributed by atoms with E-state index in [1.54, 1.807) is 0 Å². The highest BCUT2D eigenvalue weighted by molar-refractivity contribution is 7.26. The van der Waals surface area contributed by atoms with Gasteiger partial charge in [-0.2, -0.15) is 0 Å². The first kappa shape index (κ1) is 36.8. The number of nitrogens with zero attached hydrogens (tertiary/aromatic N) is 2. The minimum absolute atomic E-state index is 1.09. The third-order valence-electron chi connectivity index (χ3n) is 12.4. The van der Waals surface area contributed by atoms with Gasteiger partial charge in [0, 0.05) is 53.7 Å². The molecule has 0 amide bonds. The molecule has 2 nitrogen and oxygen atoms in total. The topological polar surface area (TPSA) is 8.17 Å². The molecular weight excluding hydrogens is 781 g/mol. The summed E-state index contributed by atoms with van der Waals surface area (Å²) in [5, 5.41) is 5.07. The van der Waals surface area contributed by atoms with E-state index in [4.69, 9.17) is 0 Å². The lowest BCUT2D eigenvalue weighted by molar-refractivity contribution is 1.18. The van der Waals surface area contributed by atoms with Gasteiger partial charge in [-0.25, -0.2) is 0 Å². The number of hydrogen-bond acceptors (Lipinski definition) is 2. The van der Waals surface area contributed by atoms with Gasteiger partial charge in [0.05, 0.1) is 11.0 Å². The Kier molecular flexibility index (Phi) is 9.06. The minimum Gasteiger partial charge on any atom is -0.310 e. The standard InChI is InChI=1S/C60H40N2S/c1-4-15-41(16-5-1)45-37-46(42-17-6-2-7-18-42)39-47(38-45)43-27-31-49(32-28-43)61(50-33-29-44(30-34-50)52-23-14-24-55-54-22-11-13-26-59(54)63-60(52)55)51-35-36-58-56(40-51)53-21-10-12-25-57(53)62(58)48-19-8-3-9-20-48/h1-40H. The summed E-state index contributed by atoms with van der Waals surface area (Å²) < 4.78 is 5.02. The first-order chi connectivity index (χ1) is 31.2. The Morgan fingerprint density at radius 1 is 0.302 bits per heavy atom. The van der Waals surface area contributed by atoms with E-state index in [0.717, 1.165) is 22.7 Å². The zero-order valence-corrected chi connectivity index (χ0v) is 35.2. The highest BCUT2D eigenvalue weighted by atomic mass is 32.1. The minimum atomic E-state index is 1.09. The van der Waals surface area contributed by atoms with Crippen LogP contribution in [0.5, 0.6) is 0 Å². The fourth-order valence-electron chi connectivity index (χ4n) is 9.36. The largest absolute Gasteiger partial charge is 0.310 e. The summed E-state index contributed by atoms with van der Waals surface area (Å²) in [6.07, 6.45) is 0. The van der Waals surface area contributed by atoms with Crippen LogP contribution in [0.15, 0.2) is 243 Å². The van der Waals surface area contributed by atoms with Crippen LogP contribution in [-0.2, 0) is 0 Å². The third-order valence-corrected chi connectivity index (χ3v) is 13.6. The van der Waals surface area contributed by atoms with E-state index in [-0.39, 0.29) is 0 Å². The van der Waals surface area contributed by atoms with Gasteiger partial charge in [-0.1, -0.05) is 158 Å². The van der Waals surface area contributed by atoms with Crippen LogP contribution in [0.1, 0.15) is 0 Å². The predicted molar refractivity (Wildman–Crippen MR) is 270 cm³/mol. The predicted octanol–water partition coefficient (Wildman–Crippen LogP) is 17.3. The second kappa shape index (κ2) is 15.5. The van der Waals surface area contributed by atoms with Gasteiger partial charge in [-0.3, -0.25) is 0 Å². The maximum absolute atomic E-state index is 2.40. The zero-order valence-electron chi connectivity index (χ0n) is 34.4. The van der Waals surface area contributed by atoms with Crippen molar-refractivity contribution < 1.29 is 0 Å². The molecule has 0 spiro atoms. The van der Waals surface area contributed by atoms with Gasteiger partial charge in [-0.15, -0.1) is 11.3 Å². The highest BCUT2D eigenvalue weighted by Gasteiger charge is 2.19. The summed E-state index contributed by atoms with van der Waals surface area (Å²) in [5.41, 5.74) is 16.4. The average Bonchev–Trinajstić information content (AvgIpc) is 3.91. The quantitative estimate of drug-likeness (QED) is 0.148. The molecule has 3 heteroatoms. The molecule has 2 aromatic heterocycles. The molecule has 0 saturated heterocycles. The Morgan fingerprint density at radius 2 is 0.794 bits per heavy atom. The zero-order chi connectivity index (χ0) is 41.7. The lowest BCUT2D eigenvalue weighted by Gasteiger charge is -2.26. The van der Waals surface area contributed by atoms with Gasteiger partial charge in [0.15, 0.2) is 0 Å². The van der Waals surface area contributed by atoms with E-state index in [1.807, 2.05) is 11.3 Å².